The van der Waals surface area contributed by atoms with Gasteiger partial charge in [0.05, 0.1) is 7.11 Å². The van der Waals surface area contributed by atoms with Crippen molar-refractivity contribution in [2.45, 2.75) is 20.0 Å². The topological polar surface area (TPSA) is 58.9 Å². The molecule has 21 heavy (non-hydrogen) atoms. The van der Waals surface area contributed by atoms with Crippen LogP contribution in [0.25, 0.3) is 0 Å². The Labute approximate surface area is 125 Å². The Bertz CT molecular complexity index is 599. The van der Waals surface area contributed by atoms with Crippen LogP contribution in [-0.4, -0.2) is 24.3 Å². The summed E-state index contributed by atoms with van der Waals surface area (Å²) in [6.07, 6.45) is 0.959. The van der Waals surface area contributed by atoms with Gasteiger partial charge in [-0.1, -0.05) is 31.2 Å². The van der Waals surface area contributed by atoms with Crippen molar-refractivity contribution in [2.75, 3.05) is 7.11 Å². The van der Waals surface area contributed by atoms with Crippen molar-refractivity contribution in [3.8, 4) is 11.5 Å². The molecule has 0 atom stereocenters. The van der Waals surface area contributed by atoms with Gasteiger partial charge in [-0.05, 0) is 35.7 Å². The Balaban J connectivity index is 2.11. The molecule has 110 valence electrons. The number of benzene rings is 2. The van der Waals surface area contributed by atoms with E-state index >= 15 is 0 Å². The van der Waals surface area contributed by atoms with E-state index in [1.807, 2.05) is 24.3 Å². The molecule has 0 amide bonds. The quantitative estimate of drug-likeness (QED) is 0.790. The third kappa shape index (κ3) is 4.00. The smallest absolute Gasteiger partial charge is 0.492 e. The fraction of sp³-hybridized carbons (Fsp3) is 0.250. The van der Waals surface area contributed by atoms with Crippen LogP contribution in [0.15, 0.2) is 42.5 Å². The summed E-state index contributed by atoms with van der Waals surface area (Å²) in [6, 6.07) is 13.2. The lowest BCUT2D eigenvalue weighted by atomic mass is 9.79. The summed E-state index contributed by atoms with van der Waals surface area (Å²) in [7, 11) is -0.0727. The molecule has 0 saturated carbocycles. The molecule has 4 nitrogen and oxygen atoms in total. The first-order valence-electron chi connectivity index (χ1n) is 6.88. The van der Waals surface area contributed by atoms with Crippen LogP contribution in [0.3, 0.4) is 0 Å². The van der Waals surface area contributed by atoms with Crippen molar-refractivity contribution >= 4 is 12.6 Å². The Morgan fingerprint density at radius 1 is 1.05 bits per heavy atom. The molecule has 2 rings (SSSR count). The maximum absolute atomic E-state index is 9.35. The molecule has 0 spiro atoms. The molecule has 2 N–H and O–H groups in total. The highest BCUT2D eigenvalue weighted by atomic mass is 16.5. The highest BCUT2D eigenvalue weighted by Crippen LogP contribution is 2.16. The van der Waals surface area contributed by atoms with Crippen LogP contribution in [0, 0.1) is 0 Å². The molecule has 0 radical (unpaired) electrons. The molecule has 2 aromatic rings. The molecular weight excluding hydrogens is 267 g/mol. The predicted octanol–water partition coefficient (Wildman–Crippen LogP) is 1.52. The largest absolute Gasteiger partial charge is 0.497 e. The van der Waals surface area contributed by atoms with E-state index in [1.54, 1.807) is 12.1 Å². The molecule has 0 fully saturated rings. The van der Waals surface area contributed by atoms with Crippen molar-refractivity contribution in [3.05, 3.63) is 53.6 Å². The van der Waals surface area contributed by atoms with Gasteiger partial charge < -0.3 is 19.5 Å². The van der Waals surface area contributed by atoms with Crippen molar-refractivity contribution in [3.63, 3.8) is 0 Å². The fourth-order valence-electron chi connectivity index (χ4n) is 2.10. The number of methoxy groups -OCH3 is 1. The summed E-state index contributed by atoms with van der Waals surface area (Å²) in [5.41, 5.74) is 2.40. The van der Waals surface area contributed by atoms with Crippen molar-refractivity contribution in [2.24, 2.45) is 0 Å². The Hall–Kier alpha value is -1.98. The van der Waals surface area contributed by atoms with E-state index in [0.717, 1.165) is 17.7 Å². The molecule has 5 heteroatoms. The molecule has 0 saturated heterocycles. The standard InChI is InChI=1S/C16H19BO4/c1-3-12-5-4-6-14(9-12)21-11-13-7-8-16(20-2)15(10-13)17(18)19/h4-10,18-19H,3,11H2,1-2H3. The summed E-state index contributed by atoms with van der Waals surface area (Å²) in [4.78, 5) is 0. The third-order valence-electron chi connectivity index (χ3n) is 3.28. The zero-order valence-corrected chi connectivity index (χ0v) is 12.2. The number of hydrogen-bond acceptors (Lipinski definition) is 4. The molecule has 0 bridgehead atoms. The predicted molar refractivity (Wildman–Crippen MR) is 83.0 cm³/mol. The van der Waals surface area contributed by atoms with Gasteiger partial charge in [0.15, 0.2) is 0 Å². The average Bonchev–Trinajstić information content (AvgIpc) is 2.52. The molecule has 0 aliphatic rings. The second-order valence-electron chi connectivity index (χ2n) is 4.74. The van der Waals surface area contributed by atoms with E-state index in [4.69, 9.17) is 9.47 Å². The van der Waals surface area contributed by atoms with Gasteiger partial charge in [0.25, 0.3) is 0 Å². The van der Waals surface area contributed by atoms with Crippen LogP contribution in [0.4, 0.5) is 0 Å². The minimum absolute atomic E-state index is 0.334. The zero-order valence-electron chi connectivity index (χ0n) is 12.2. The monoisotopic (exact) mass is 286 g/mol. The molecule has 0 aliphatic heterocycles. The lowest BCUT2D eigenvalue weighted by Gasteiger charge is -2.11. The third-order valence-corrected chi connectivity index (χ3v) is 3.28. The lowest BCUT2D eigenvalue weighted by Crippen LogP contribution is -2.31. The zero-order chi connectivity index (χ0) is 15.2. The number of hydrogen-bond donors (Lipinski definition) is 2. The summed E-state index contributed by atoms with van der Waals surface area (Å²) in [5.74, 6) is 1.25. The highest BCUT2D eigenvalue weighted by molar-refractivity contribution is 6.59. The maximum Gasteiger partial charge on any atom is 0.492 e. The summed E-state index contributed by atoms with van der Waals surface area (Å²) in [5, 5.41) is 18.7. The summed E-state index contributed by atoms with van der Waals surface area (Å²) >= 11 is 0. The normalized spacial score (nSPS) is 10.3. The van der Waals surface area contributed by atoms with E-state index < -0.39 is 7.12 Å². The SMILES string of the molecule is CCc1cccc(OCc2ccc(OC)c(B(O)O)c2)c1. The van der Waals surface area contributed by atoms with Crippen LogP contribution >= 0.6 is 0 Å². The Kier molecular flexibility index (Phi) is 5.25. The van der Waals surface area contributed by atoms with E-state index in [0.29, 0.717) is 17.8 Å². The summed E-state index contributed by atoms with van der Waals surface area (Å²) in [6.45, 7) is 2.45. The number of ether oxygens (including phenoxy) is 2. The molecule has 0 aromatic heterocycles. The minimum Gasteiger partial charge on any atom is -0.497 e. The Morgan fingerprint density at radius 3 is 2.52 bits per heavy atom. The molecule has 0 heterocycles. The van der Waals surface area contributed by atoms with E-state index in [1.165, 1.54) is 12.7 Å². The average molecular weight is 286 g/mol. The van der Waals surface area contributed by atoms with E-state index in [-0.39, 0.29) is 0 Å². The van der Waals surface area contributed by atoms with Gasteiger partial charge in [-0.25, -0.2) is 0 Å². The van der Waals surface area contributed by atoms with E-state index in [9.17, 15) is 10.0 Å². The second-order valence-corrected chi connectivity index (χ2v) is 4.74. The first-order valence-corrected chi connectivity index (χ1v) is 6.88. The number of aryl methyl sites for hydroxylation is 1. The van der Waals surface area contributed by atoms with Crippen molar-refractivity contribution in [1.82, 2.24) is 0 Å². The van der Waals surface area contributed by atoms with Crippen LogP contribution in [-0.2, 0) is 13.0 Å². The van der Waals surface area contributed by atoms with Crippen LogP contribution in [0.2, 0.25) is 0 Å². The molecule has 0 aliphatic carbocycles. The van der Waals surface area contributed by atoms with Crippen molar-refractivity contribution < 1.29 is 19.5 Å². The van der Waals surface area contributed by atoms with Gasteiger partial charge >= 0.3 is 7.12 Å². The number of rotatable bonds is 6. The van der Waals surface area contributed by atoms with Crippen LogP contribution < -0.4 is 14.9 Å². The van der Waals surface area contributed by atoms with Crippen molar-refractivity contribution in [1.29, 1.82) is 0 Å². The molecule has 0 unspecified atom stereocenters. The van der Waals surface area contributed by atoms with Gasteiger partial charge in [0.2, 0.25) is 0 Å². The fourth-order valence-corrected chi connectivity index (χ4v) is 2.10. The lowest BCUT2D eigenvalue weighted by molar-refractivity contribution is 0.305. The highest BCUT2D eigenvalue weighted by Gasteiger charge is 2.17. The van der Waals surface area contributed by atoms with Gasteiger partial charge in [-0.3, -0.25) is 0 Å². The first kappa shape index (κ1) is 15.4. The van der Waals surface area contributed by atoms with Gasteiger partial charge in [-0.15, -0.1) is 0 Å². The van der Waals surface area contributed by atoms with Gasteiger partial charge in [0.1, 0.15) is 18.1 Å². The van der Waals surface area contributed by atoms with E-state index in [2.05, 4.69) is 13.0 Å². The van der Waals surface area contributed by atoms with Crippen LogP contribution in [0.1, 0.15) is 18.1 Å². The Morgan fingerprint density at radius 2 is 1.86 bits per heavy atom. The minimum atomic E-state index is -1.57. The molecular formula is C16H19BO4. The van der Waals surface area contributed by atoms with Gasteiger partial charge in [-0.2, -0.15) is 0 Å². The summed E-state index contributed by atoms with van der Waals surface area (Å²) < 4.78 is 10.8. The first-order chi connectivity index (χ1) is 10.1. The second kappa shape index (κ2) is 7.15. The maximum atomic E-state index is 9.35. The molecule has 2 aromatic carbocycles. The van der Waals surface area contributed by atoms with Crippen LogP contribution in [0.5, 0.6) is 11.5 Å². The van der Waals surface area contributed by atoms with Gasteiger partial charge in [0, 0.05) is 5.46 Å².